The quantitative estimate of drug-likeness (QED) is 0.209. The van der Waals surface area contributed by atoms with Gasteiger partial charge in [0, 0.05) is 52.4 Å². The summed E-state index contributed by atoms with van der Waals surface area (Å²) < 4.78 is 0. The Kier molecular flexibility index (Phi) is 34.9. The first-order valence-electron chi connectivity index (χ1n) is 7.36. The van der Waals surface area contributed by atoms with Gasteiger partial charge in [0.15, 0.2) is 5.11 Å². The van der Waals surface area contributed by atoms with Crippen LogP contribution in [0.15, 0.2) is 0 Å². The number of carbonyl (C=O) groups excluding carboxylic acids is 4. The van der Waals surface area contributed by atoms with Gasteiger partial charge in [0.1, 0.15) is 0 Å². The van der Waals surface area contributed by atoms with E-state index in [0.717, 1.165) is 28.0 Å². The molecule has 0 aromatic rings. The maximum Gasteiger partial charge on any atom is 1.00 e. The van der Waals surface area contributed by atoms with Crippen molar-refractivity contribution in [2.45, 2.75) is 0 Å². The molecule has 0 aromatic heterocycles. The Balaban J connectivity index is -0.000000179. The van der Waals surface area contributed by atoms with E-state index in [1.165, 1.54) is 0 Å². The third-order valence-corrected chi connectivity index (χ3v) is 3.13. The Morgan fingerprint density at radius 2 is 0.900 bits per heavy atom. The average molecular weight is 482 g/mol. The van der Waals surface area contributed by atoms with Gasteiger partial charge < -0.3 is 50.2 Å². The van der Waals surface area contributed by atoms with Crippen molar-refractivity contribution in [2.75, 3.05) is 52.4 Å². The van der Waals surface area contributed by atoms with Crippen LogP contribution in [0.5, 0.6) is 0 Å². The molecule has 0 atom stereocenters. The summed E-state index contributed by atoms with van der Waals surface area (Å²) in [5, 5.41) is 48.3. The molecule has 1 aliphatic heterocycles. The molecule has 0 aliphatic carbocycles. The molecule has 0 aromatic carbocycles. The summed E-state index contributed by atoms with van der Waals surface area (Å²) in [6, 6.07) is 0. The molecule has 1 fully saturated rings. The molecular weight excluding hydrogens is 464 g/mol. The predicted octanol–water partition coefficient (Wildman–Crippen LogP) is -19.9. The number of thiocarbonyl (C=S) groups is 1. The van der Waals surface area contributed by atoms with Crippen LogP contribution in [0.3, 0.4) is 0 Å². The van der Waals surface area contributed by atoms with Gasteiger partial charge in [0.2, 0.25) is 0 Å². The minimum Gasteiger partial charge on any atom is -0.549 e. The maximum absolute atomic E-state index is 10.4. The number of carboxylic acids is 4. The second-order valence-corrected chi connectivity index (χ2v) is 5.50. The van der Waals surface area contributed by atoms with Crippen molar-refractivity contribution >= 4 is 41.2 Å². The molecule has 148 valence electrons. The molecule has 1 aliphatic rings. The van der Waals surface area contributed by atoms with Crippen molar-refractivity contribution in [3.63, 3.8) is 0 Å². The van der Waals surface area contributed by atoms with Crippen molar-refractivity contribution in [2.24, 2.45) is 0 Å². The van der Waals surface area contributed by atoms with Crippen LogP contribution < -0.4 is 149 Å². The smallest absolute Gasteiger partial charge is 0.549 e. The van der Waals surface area contributed by atoms with Gasteiger partial charge in [0.05, 0.1) is 23.9 Å². The Morgan fingerprint density at radius 3 is 1.03 bits per heavy atom. The fourth-order valence-electron chi connectivity index (χ4n) is 1.86. The van der Waals surface area contributed by atoms with Gasteiger partial charge in [-0.15, -0.1) is 0 Å². The van der Waals surface area contributed by atoms with E-state index >= 15 is 0 Å². The zero-order chi connectivity index (χ0) is 20.1. The topological polar surface area (TPSA) is 191 Å². The van der Waals surface area contributed by atoms with E-state index in [2.05, 4.69) is 10.6 Å². The Labute approximate surface area is 268 Å². The van der Waals surface area contributed by atoms with Gasteiger partial charge in [-0.2, -0.15) is 0 Å². The molecule has 12 nitrogen and oxygen atoms in total. The van der Waals surface area contributed by atoms with E-state index in [-0.39, 0.29) is 131 Å². The number of aliphatic carboxylic acids is 4. The molecule has 1 heterocycles. The first-order valence-corrected chi connectivity index (χ1v) is 7.76. The van der Waals surface area contributed by atoms with Crippen LogP contribution in [0.4, 0.5) is 0 Å². The van der Waals surface area contributed by atoms with Crippen LogP contribution in [0.2, 0.25) is 0 Å². The van der Waals surface area contributed by atoms with Gasteiger partial charge >= 0.3 is 118 Å². The van der Waals surface area contributed by atoms with Gasteiger partial charge in [-0.05, 0) is 12.2 Å². The monoisotopic (exact) mass is 482 g/mol. The molecule has 0 amide bonds. The van der Waals surface area contributed by atoms with E-state index in [4.69, 9.17) is 12.2 Å². The molecule has 0 spiro atoms. The summed E-state index contributed by atoms with van der Waals surface area (Å²) in [6.07, 6.45) is 0. The van der Waals surface area contributed by atoms with Crippen LogP contribution >= 0.6 is 12.2 Å². The predicted molar refractivity (Wildman–Crippen MR) is 81.5 cm³/mol. The largest absolute Gasteiger partial charge is 1.00 e. The summed E-state index contributed by atoms with van der Waals surface area (Å²) in [4.78, 5) is 43.4. The first-order chi connectivity index (χ1) is 12.1. The standard InChI is InChI=1S/C10H16N2O8.C3H6N2S.4Na/c13-7(14)3-11(4-8(15)16)1-2-12(5-9(17)18)6-10(19)20;6-3-4-1-2-5-3;;;;/h1-6H2,(H,13,14)(H,15,16)(H,17,18)(H,19,20);1-2H2,(H2,4,5,6);;;;/q;;4*+1/p-4. The Bertz CT molecular complexity index is 471. The number of hydrogen-bond acceptors (Lipinski definition) is 11. The third kappa shape index (κ3) is 27.5. The van der Waals surface area contributed by atoms with Crippen LogP contribution in [-0.2, 0) is 19.2 Å². The molecule has 17 heteroatoms. The fourth-order valence-corrected chi connectivity index (χ4v) is 2.06. The summed E-state index contributed by atoms with van der Waals surface area (Å²) in [7, 11) is 0. The summed E-state index contributed by atoms with van der Waals surface area (Å²) >= 11 is 4.70. The molecule has 2 N–H and O–H groups in total. The van der Waals surface area contributed by atoms with Gasteiger partial charge in [-0.1, -0.05) is 0 Å². The minimum absolute atomic E-state index is 0. The van der Waals surface area contributed by atoms with Crippen molar-refractivity contribution in [3.05, 3.63) is 0 Å². The number of rotatable bonds is 11. The molecule has 30 heavy (non-hydrogen) atoms. The van der Waals surface area contributed by atoms with E-state index in [1.54, 1.807) is 0 Å². The van der Waals surface area contributed by atoms with E-state index in [0.29, 0.717) is 0 Å². The second-order valence-electron chi connectivity index (χ2n) is 5.09. The van der Waals surface area contributed by atoms with Crippen molar-refractivity contribution in [1.82, 2.24) is 20.4 Å². The SMILES string of the molecule is O=C([O-])CN(CCN(CC(=O)[O-])CC(=O)[O-])CC(=O)[O-].S=C1NCCN1.[Na+].[Na+].[Na+].[Na+]. The van der Waals surface area contributed by atoms with Crippen molar-refractivity contribution in [3.8, 4) is 0 Å². The average Bonchev–Trinajstić information content (AvgIpc) is 2.94. The van der Waals surface area contributed by atoms with E-state index < -0.39 is 50.1 Å². The van der Waals surface area contributed by atoms with E-state index in [9.17, 15) is 39.6 Å². The molecular formula is C13H18N4Na4O8S. The number of nitrogens with zero attached hydrogens (tertiary/aromatic N) is 2. The van der Waals surface area contributed by atoms with Gasteiger partial charge in [0.25, 0.3) is 0 Å². The number of carbonyl (C=O) groups is 4. The van der Waals surface area contributed by atoms with Crippen LogP contribution in [0.25, 0.3) is 0 Å². The van der Waals surface area contributed by atoms with Crippen molar-refractivity contribution in [1.29, 1.82) is 0 Å². The number of hydrogen-bond donors (Lipinski definition) is 2. The number of carboxylic acid groups (broad SMARTS) is 4. The van der Waals surface area contributed by atoms with Crippen LogP contribution in [0.1, 0.15) is 0 Å². The first kappa shape index (κ1) is 41.7. The van der Waals surface area contributed by atoms with Crippen molar-refractivity contribution < 1.29 is 158 Å². The summed E-state index contributed by atoms with van der Waals surface area (Å²) in [6.45, 7) is -1.28. The summed E-state index contributed by atoms with van der Waals surface area (Å²) in [5.74, 6) is -6.12. The third-order valence-electron chi connectivity index (χ3n) is 2.84. The Hall–Kier alpha value is 1.49. The molecule has 0 radical (unpaired) electrons. The summed E-state index contributed by atoms with van der Waals surface area (Å²) in [5.41, 5.74) is 0. The van der Waals surface area contributed by atoms with Gasteiger partial charge in [-0.3, -0.25) is 9.80 Å². The maximum atomic E-state index is 10.4. The van der Waals surface area contributed by atoms with Crippen LogP contribution in [0, 0.1) is 0 Å². The molecule has 1 saturated heterocycles. The fraction of sp³-hybridized carbons (Fsp3) is 0.615. The molecule has 0 bridgehead atoms. The van der Waals surface area contributed by atoms with Gasteiger partial charge in [-0.25, -0.2) is 0 Å². The van der Waals surface area contributed by atoms with E-state index in [1.807, 2.05) is 0 Å². The second kappa shape index (κ2) is 25.1. The minimum atomic E-state index is -1.53. The zero-order valence-corrected chi connectivity index (χ0v) is 26.5. The normalized spacial score (nSPS) is 11.1. The zero-order valence-electron chi connectivity index (χ0n) is 17.7. The van der Waals surface area contributed by atoms with Crippen LogP contribution in [-0.4, -0.2) is 91.1 Å². The number of nitrogens with one attached hydrogen (secondary N) is 2. The Morgan fingerprint density at radius 1 is 0.667 bits per heavy atom. The molecule has 0 unspecified atom stereocenters. The molecule has 0 saturated carbocycles. The molecule has 1 rings (SSSR count).